The monoisotopic (exact) mass is 318 g/mol. The second-order valence-corrected chi connectivity index (χ2v) is 5.79. The highest BCUT2D eigenvalue weighted by Crippen LogP contribution is 2.35. The van der Waals surface area contributed by atoms with Gasteiger partial charge >= 0.3 is 0 Å². The topological polar surface area (TPSA) is 52.0 Å². The second-order valence-electron chi connectivity index (χ2n) is 5.79. The molecule has 1 unspecified atom stereocenters. The van der Waals surface area contributed by atoms with Gasteiger partial charge in [0.25, 0.3) is 0 Å². The SMILES string of the molecule is COc1ccccc1C1C=C(c2ccc(C)cc2)Nc2ncnn21. The minimum absolute atomic E-state index is 0.0730. The van der Waals surface area contributed by atoms with Gasteiger partial charge in [-0.3, -0.25) is 0 Å². The van der Waals surface area contributed by atoms with Gasteiger partial charge in [-0.05, 0) is 24.6 Å². The van der Waals surface area contributed by atoms with E-state index in [1.807, 2.05) is 22.9 Å². The molecule has 2 heterocycles. The van der Waals surface area contributed by atoms with Crippen LogP contribution >= 0.6 is 0 Å². The van der Waals surface area contributed by atoms with E-state index in [-0.39, 0.29) is 6.04 Å². The van der Waals surface area contributed by atoms with Crippen LogP contribution in [0.25, 0.3) is 5.70 Å². The van der Waals surface area contributed by atoms with Crippen molar-refractivity contribution < 1.29 is 4.74 Å². The van der Waals surface area contributed by atoms with Crippen LogP contribution in [0, 0.1) is 6.92 Å². The van der Waals surface area contributed by atoms with E-state index in [4.69, 9.17) is 4.74 Å². The standard InChI is InChI=1S/C19H18N4O/c1-13-7-9-14(10-8-13)16-11-17(23-19(22-16)20-12-21-23)15-5-3-4-6-18(15)24-2/h3-12,17H,1-2H3,(H,20,21,22). The molecule has 1 aromatic heterocycles. The van der Waals surface area contributed by atoms with E-state index >= 15 is 0 Å². The first-order chi connectivity index (χ1) is 11.8. The quantitative estimate of drug-likeness (QED) is 0.801. The van der Waals surface area contributed by atoms with Crippen molar-refractivity contribution in [2.45, 2.75) is 13.0 Å². The Morgan fingerprint density at radius 2 is 1.88 bits per heavy atom. The molecule has 1 aliphatic rings. The number of ether oxygens (including phenoxy) is 1. The fraction of sp³-hybridized carbons (Fsp3) is 0.158. The first-order valence-corrected chi connectivity index (χ1v) is 7.84. The summed E-state index contributed by atoms with van der Waals surface area (Å²) >= 11 is 0. The summed E-state index contributed by atoms with van der Waals surface area (Å²) < 4.78 is 7.41. The lowest BCUT2D eigenvalue weighted by atomic mass is 10.0. The number of nitrogens with zero attached hydrogens (tertiary/aromatic N) is 3. The van der Waals surface area contributed by atoms with E-state index in [0.29, 0.717) is 0 Å². The van der Waals surface area contributed by atoms with Gasteiger partial charge in [0.05, 0.1) is 7.11 Å². The van der Waals surface area contributed by atoms with Gasteiger partial charge in [0.15, 0.2) is 0 Å². The molecule has 0 saturated carbocycles. The average molecular weight is 318 g/mol. The van der Waals surface area contributed by atoms with Crippen LogP contribution < -0.4 is 10.1 Å². The van der Waals surface area contributed by atoms with Crippen LogP contribution in [0.4, 0.5) is 5.95 Å². The van der Waals surface area contributed by atoms with E-state index in [0.717, 1.165) is 28.5 Å². The number of methoxy groups -OCH3 is 1. The number of hydrogen-bond acceptors (Lipinski definition) is 4. The Bertz CT molecular complexity index is 896. The third kappa shape index (κ3) is 2.44. The molecule has 0 bridgehead atoms. The number of aryl methyl sites for hydroxylation is 1. The summed E-state index contributed by atoms with van der Waals surface area (Å²) in [5, 5.41) is 7.73. The van der Waals surface area contributed by atoms with Crippen molar-refractivity contribution >= 4 is 11.6 Å². The fourth-order valence-electron chi connectivity index (χ4n) is 2.97. The normalized spacial score (nSPS) is 16.1. The Kier molecular flexibility index (Phi) is 3.54. The highest BCUT2D eigenvalue weighted by Gasteiger charge is 2.25. The largest absolute Gasteiger partial charge is 0.496 e. The Balaban J connectivity index is 1.83. The summed E-state index contributed by atoms with van der Waals surface area (Å²) in [7, 11) is 1.69. The zero-order valence-electron chi connectivity index (χ0n) is 13.6. The van der Waals surface area contributed by atoms with E-state index in [1.54, 1.807) is 13.4 Å². The molecule has 0 saturated heterocycles. The van der Waals surface area contributed by atoms with Crippen LogP contribution in [0.5, 0.6) is 5.75 Å². The van der Waals surface area contributed by atoms with Crippen molar-refractivity contribution in [3.05, 3.63) is 77.6 Å². The van der Waals surface area contributed by atoms with Crippen LogP contribution in [0.15, 0.2) is 60.9 Å². The maximum absolute atomic E-state index is 5.54. The van der Waals surface area contributed by atoms with Gasteiger partial charge in [-0.1, -0.05) is 48.0 Å². The third-order valence-electron chi connectivity index (χ3n) is 4.23. The molecular weight excluding hydrogens is 300 g/mol. The van der Waals surface area contributed by atoms with Crippen molar-refractivity contribution in [1.82, 2.24) is 14.8 Å². The Morgan fingerprint density at radius 3 is 2.67 bits per heavy atom. The van der Waals surface area contributed by atoms with Gasteiger partial charge < -0.3 is 10.1 Å². The first kappa shape index (κ1) is 14.5. The van der Waals surface area contributed by atoms with Crippen LogP contribution in [0.1, 0.15) is 22.7 Å². The summed E-state index contributed by atoms with van der Waals surface area (Å²) in [5.74, 6) is 1.56. The molecule has 3 aromatic rings. The van der Waals surface area contributed by atoms with E-state index < -0.39 is 0 Å². The zero-order chi connectivity index (χ0) is 16.5. The first-order valence-electron chi connectivity index (χ1n) is 7.84. The molecule has 1 N–H and O–H groups in total. The van der Waals surface area contributed by atoms with E-state index in [9.17, 15) is 0 Å². The number of benzene rings is 2. The highest BCUT2D eigenvalue weighted by atomic mass is 16.5. The lowest BCUT2D eigenvalue weighted by Gasteiger charge is -2.25. The molecule has 5 heteroatoms. The Labute approximate surface area is 140 Å². The third-order valence-corrected chi connectivity index (χ3v) is 4.23. The molecule has 120 valence electrons. The minimum atomic E-state index is -0.0730. The van der Waals surface area contributed by atoms with Crippen LogP contribution in [-0.4, -0.2) is 21.9 Å². The molecule has 1 aliphatic heterocycles. The highest BCUT2D eigenvalue weighted by molar-refractivity contribution is 5.77. The summed E-state index contributed by atoms with van der Waals surface area (Å²) in [5.41, 5.74) is 4.43. The molecule has 0 radical (unpaired) electrons. The maximum atomic E-state index is 5.54. The number of rotatable bonds is 3. The second kappa shape index (κ2) is 5.85. The summed E-state index contributed by atoms with van der Waals surface area (Å²) in [6.07, 6.45) is 3.72. The van der Waals surface area contributed by atoms with E-state index in [1.165, 1.54) is 5.56 Å². The van der Waals surface area contributed by atoms with E-state index in [2.05, 4.69) is 58.7 Å². The lowest BCUT2D eigenvalue weighted by molar-refractivity contribution is 0.404. The number of allylic oxidation sites excluding steroid dienone is 1. The number of anilines is 1. The van der Waals surface area contributed by atoms with Gasteiger partial charge in [-0.2, -0.15) is 10.1 Å². The average Bonchev–Trinajstić information content (AvgIpc) is 3.10. The predicted octanol–water partition coefficient (Wildman–Crippen LogP) is 3.65. The fourth-order valence-corrected chi connectivity index (χ4v) is 2.97. The number of aromatic nitrogens is 3. The van der Waals surface area contributed by atoms with Gasteiger partial charge in [0.2, 0.25) is 5.95 Å². The number of para-hydroxylation sites is 1. The number of nitrogens with one attached hydrogen (secondary N) is 1. The molecule has 0 aliphatic carbocycles. The molecule has 4 rings (SSSR count). The summed E-state index contributed by atoms with van der Waals surface area (Å²) in [4.78, 5) is 4.34. The predicted molar refractivity (Wildman–Crippen MR) is 93.9 cm³/mol. The van der Waals surface area contributed by atoms with Gasteiger partial charge in [0.1, 0.15) is 18.1 Å². The van der Waals surface area contributed by atoms with Crippen LogP contribution in [0.2, 0.25) is 0 Å². The minimum Gasteiger partial charge on any atom is -0.496 e. The van der Waals surface area contributed by atoms with Gasteiger partial charge in [0, 0.05) is 11.3 Å². The number of fused-ring (bicyclic) bond motifs is 1. The molecule has 1 atom stereocenters. The molecular formula is C19H18N4O. The molecule has 5 nitrogen and oxygen atoms in total. The van der Waals surface area contributed by atoms with Crippen molar-refractivity contribution in [2.75, 3.05) is 12.4 Å². The zero-order valence-corrected chi connectivity index (χ0v) is 13.6. The molecule has 24 heavy (non-hydrogen) atoms. The summed E-state index contributed by atoms with van der Waals surface area (Å²) in [6.45, 7) is 2.08. The van der Waals surface area contributed by atoms with Crippen molar-refractivity contribution in [3.63, 3.8) is 0 Å². The molecule has 2 aromatic carbocycles. The molecule has 0 fully saturated rings. The smallest absolute Gasteiger partial charge is 0.226 e. The van der Waals surface area contributed by atoms with Gasteiger partial charge in [-0.25, -0.2) is 4.68 Å². The Hall–Kier alpha value is -3.08. The number of hydrogen-bond donors (Lipinski definition) is 1. The van der Waals surface area contributed by atoms with Crippen molar-refractivity contribution in [3.8, 4) is 5.75 Å². The van der Waals surface area contributed by atoms with Crippen molar-refractivity contribution in [1.29, 1.82) is 0 Å². The van der Waals surface area contributed by atoms with Crippen LogP contribution in [-0.2, 0) is 0 Å². The lowest BCUT2D eigenvalue weighted by Crippen LogP contribution is -2.20. The molecule has 0 amide bonds. The summed E-state index contributed by atoms with van der Waals surface area (Å²) in [6, 6.07) is 16.4. The van der Waals surface area contributed by atoms with Gasteiger partial charge in [-0.15, -0.1) is 0 Å². The van der Waals surface area contributed by atoms with Crippen LogP contribution in [0.3, 0.4) is 0 Å². The van der Waals surface area contributed by atoms with Crippen molar-refractivity contribution in [2.24, 2.45) is 0 Å². The molecule has 0 spiro atoms. The Morgan fingerprint density at radius 1 is 1.08 bits per heavy atom. The maximum Gasteiger partial charge on any atom is 0.226 e.